The minimum absolute atomic E-state index is 0.830. The number of nitrogens with zero attached hydrogens (tertiary/aromatic N) is 1. The Morgan fingerprint density at radius 2 is 2.00 bits per heavy atom. The average Bonchev–Trinajstić information content (AvgIpc) is 1.91. The van der Waals surface area contributed by atoms with Gasteiger partial charge in [-0.25, -0.2) is 5.84 Å². The number of hydrazine groups is 1. The fourth-order valence-electron chi connectivity index (χ4n) is 0.482. The number of hydrogen-bond donors (Lipinski definition) is 1. The van der Waals surface area contributed by atoms with E-state index in [9.17, 15) is 0 Å². The van der Waals surface area contributed by atoms with E-state index in [0.717, 1.165) is 6.54 Å². The van der Waals surface area contributed by atoms with Crippen LogP contribution < -0.4 is 5.84 Å². The van der Waals surface area contributed by atoms with Crippen molar-refractivity contribution < 1.29 is 0 Å². The van der Waals surface area contributed by atoms with Crippen molar-refractivity contribution in [3.05, 3.63) is 24.4 Å². The molecule has 0 aromatic heterocycles. The average molecular weight is 374 g/mol. The Bertz CT molecular complexity index is 127. The summed E-state index contributed by atoms with van der Waals surface area (Å²) >= 11 is -0.972. The molecule has 10 heavy (non-hydrogen) atoms. The standard InChI is InChI=1S/C5H8N2.2ClH.Pb/c6-7-4-2-1-3-5-7;;;/h1-4H,5-6H2;2*1H;/q;;;+2/p-2. The predicted octanol–water partition coefficient (Wildman–Crippen LogP) is 1.24. The third-order valence-electron chi connectivity index (χ3n) is 0.841. The summed E-state index contributed by atoms with van der Waals surface area (Å²) in [5.41, 5.74) is 0. The van der Waals surface area contributed by atoms with Crippen LogP contribution in [0, 0.1) is 0 Å². The fourth-order valence-corrected chi connectivity index (χ4v) is 0.482. The van der Waals surface area contributed by atoms with Crippen molar-refractivity contribution in [2.45, 2.75) is 0 Å². The topological polar surface area (TPSA) is 29.3 Å². The number of nitrogens with two attached hydrogens (primary N) is 1. The van der Waals surface area contributed by atoms with E-state index >= 15 is 0 Å². The summed E-state index contributed by atoms with van der Waals surface area (Å²) in [5.74, 6) is 5.33. The van der Waals surface area contributed by atoms with E-state index in [1.165, 1.54) is 0 Å². The van der Waals surface area contributed by atoms with Crippen LogP contribution in [0.5, 0.6) is 0 Å². The molecule has 2 N–H and O–H groups in total. The molecule has 1 aliphatic rings. The zero-order valence-electron chi connectivity index (χ0n) is 5.30. The first-order valence-corrected chi connectivity index (χ1v) is 12.2. The molecule has 0 aromatic rings. The van der Waals surface area contributed by atoms with Gasteiger partial charge in [0.2, 0.25) is 0 Å². The van der Waals surface area contributed by atoms with Gasteiger partial charge in [-0.3, -0.25) is 0 Å². The molecule has 0 saturated carbocycles. The fraction of sp³-hybridized carbons (Fsp3) is 0.200. The molecule has 0 fully saturated rings. The summed E-state index contributed by atoms with van der Waals surface area (Å²) in [6.07, 6.45) is 7.72. The van der Waals surface area contributed by atoms with Crippen molar-refractivity contribution in [3.63, 3.8) is 0 Å². The van der Waals surface area contributed by atoms with Gasteiger partial charge in [0.25, 0.3) is 0 Å². The van der Waals surface area contributed by atoms with E-state index in [1.54, 1.807) is 5.01 Å². The zero-order valence-corrected chi connectivity index (χ0v) is 10.7. The van der Waals surface area contributed by atoms with Crippen molar-refractivity contribution in [3.8, 4) is 0 Å². The molecule has 0 amide bonds. The van der Waals surface area contributed by atoms with E-state index in [4.69, 9.17) is 22.5 Å². The third-order valence-corrected chi connectivity index (χ3v) is 0.841. The van der Waals surface area contributed by atoms with Crippen LogP contribution in [0.1, 0.15) is 0 Å². The number of allylic oxidation sites excluding steroid dienone is 2. The number of rotatable bonds is 0. The molecule has 1 heterocycles. The van der Waals surface area contributed by atoms with E-state index in [2.05, 4.69) is 0 Å². The van der Waals surface area contributed by atoms with Gasteiger partial charge in [-0.05, 0) is 6.08 Å². The quantitative estimate of drug-likeness (QED) is 0.511. The van der Waals surface area contributed by atoms with Gasteiger partial charge < -0.3 is 5.01 Å². The van der Waals surface area contributed by atoms with E-state index in [0.29, 0.717) is 0 Å². The molecule has 0 unspecified atom stereocenters. The van der Waals surface area contributed by atoms with Gasteiger partial charge in [-0.2, -0.15) is 0 Å². The van der Waals surface area contributed by atoms with E-state index in [-0.39, 0.29) is 0 Å². The molecule has 0 bridgehead atoms. The first-order valence-electron chi connectivity index (χ1n) is 2.62. The summed E-state index contributed by atoms with van der Waals surface area (Å²) in [5, 5.41) is 1.62. The molecule has 0 spiro atoms. The van der Waals surface area contributed by atoms with Crippen LogP contribution >= 0.6 is 16.6 Å². The molecular weight excluding hydrogens is 366 g/mol. The molecule has 0 saturated heterocycles. The SMILES string of the molecule is NN1C=CC=CC1.[Cl][Pb][Cl]. The van der Waals surface area contributed by atoms with Gasteiger partial charge in [0.15, 0.2) is 0 Å². The Kier molecular flexibility index (Phi) is 8.43. The van der Waals surface area contributed by atoms with Gasteiger partial charge in [-0.15, -0.1) is 0 Å². The second kappa shape index (κ2) is 7.84. The molecule has 0 atom stereocenters. The van der Waals surface area contributed by atoms with Crippen molar-refractivity contribution in [2.24, 2.45) is 5.84 Å². The Morgan fingerprint density at radius 3 is 2.20 bits per heavy atom. The summed E-state index contributed by atoms with van der Waals surface area (Å²) in [6.45, 7) is 0.830. The van der Waals surface area contributed by atoms with Gasteiger partial charge in [0.1, 0.15) is 0 Å². The van der Waals surface area contributed by atoms with Crippen LogP contribution in [0.15, 0.2) is 24.4 Å². The van der Waals surface area contributed by atoms with Crippen LogP contribution in [0.25, 0.3) is 0 Å². The minimum atomic E-state index is -0.972. The Balaban J connectivity index is 0.000000236. The first kappa shape index (κ1) is 10.7. The van der Waals surface area contributed by atoms with Crippen LogP contribution in [-0.4, -0.2) is 33.3 Å². The molecule has 2 nitrogen and oxygen atoms in total. The Morgan fingerprint density at radius 1 is 1.40 bits per heavy atom. The van der Waals surface area contributed by atoms with Gasteiger partial charge in [-0.1, -0.05) is 12.2 Å². The van der Waals surface area contributed by atoms with Crippen LogP contribution in [0.3, 0.4) is 0 Å². The Hall–Kier alpha value is 0.742. The second-order valence-electron chi connectivity index (χ2n) is 1.54. The van der Waals surface area contributed by atoms with Gasteiger partial charge in [0.05, 0.1) is 6.54 Å². The van der Waals surface area contributed by atoms with Crippen molar-refractivity contribution >= 4 is 38.4 Å². The molecule has 1 rings (SSSR count). The van der Waals surface area contributed by atoms with Crippen molar-refractivity contribution in [1.82, 2.24) is 5.01 Å². The summed E-state index contributed by atoms with van der Waals surface area (Å²) in [6, 6.07) is 0. The summed E-state index contributed by atoms with van der Waals surface area (Å²) in [4.78, 5) is 0. The monoisotopic (exact) mass is 374 g/mol. The van der Waals surface area contributed by atoms with Crippen LogP contribution in [-0.2, 0) is 0 Å². The maximum atomic E-state index is 5.33. The maximum absolute atomic E-state index is 5.33. The van der Waals surface area contributed by atoms with Crippen LogP contribution in [0.4, 0.5) is 0 Å². The molecule has 0 aromatic carbocycles. The molecule has 56 valence electrons. The van der Waals surface area contributed by atoms with Crippen LogP contribution in [0.2, 0.25) is 0 Å². The second-order valence-corrected chi connectivity index (χ2v) is 7.11. The summed E-state index contributed by atoms with van der Waals surface area (Å²) in [7, 11) is 9.92. The molecular formula is C5H8Cl2N2Pb. The normalized spacial score (nSPS) is 14.5. The molecule has 0 aliphatic carbocycles. The van der Waals surface area contributed by atoms with E-state index < -0.39 is 21.8 Å². The Labute approximate surface area is 79.8 Å². The summed E-state index contributed by atoms with van der Waals surface area (Å²) < 4.78 is 0. The number of halogens is 2. The van der Waals surface area contributed by atoms with Crippen molar-refractivity contribution in [2.75, 3.05) is 6.54 Å². The molecule has 5 heteroatoms. The molecule has 1 aliphatic heterocycles. The van der Waals surface area contributed by atoms with Gasteiger partial charge in [0, 0.05) is 6.20 Å². The predicted molar refractivity (Wildman–Crippen MR) is 46.6 cm³/mol. The zero-order chi connectivity index (χ0) is 7.82. The molecule has 2 radical (unpaired) electrons. The first-order chi connectivity index (χ1) is 4.81. The number of hydrogen-bond acceptors (Lipinski definition) is 2. The van der Waals surface area contributed by atoms with Gasteiger partial charge >= 0.3 is 38.4 Å². The van der Waals surface area contributed by atoms with Crippen molar-refractivity contribution in [1.29, 1.82) is 0 Å². The third kappa shape index (κ3) is 6.86. The van der Waals surface area contributed by atoms with E-state index in [1.807, 2.05) is 24.4 Å².